The maximum Gasteiger partial charge on any atom is 0.536 e. The molecule has 5 heteroatoms. The van der Waals surface area contributed by atoms with Crippen molar-refractivity contribution in [2.75, 3.05) is 27.1 Å². The molecule has 0 saturated carbocycles. The van der Waals surface area contributed by atoms with E-state index in [1.165, 1.54) is 12.2 Å². The van der Waals surface area contributed by atoms with Crippen LogP contribution in [0.2, 0.25) is 0 Å². The topological polar surface area (TPSA) is 27.7 Å². The Balaban J connectivity index is 2.79. The van der Waals surface area contributed by atoms with E-state index in [9.17, 15) is 0 Å². The lowest BCUT2D eigenvalue weighted by Crippen LogP contribution is -2.44. The van der Waals surface area contributed by atoms with Crippen LogP contribution in [0.15, 0.2) is 22.1 Å². The molecule has 1 atom stereocenters. The molecule has 1 unspecified atom stereocenters. The van der Waals surface area contributed by atoms with Gasteiger partial charge in [0.2, 0.25) is 0 Å². The first-order valence-corrected chi connectivity index (χ1v) is 8.43. The first-order chi connectivity index (χ1) is 7.22. The molecule has 15 heavy (non-hydrogen) atoms. The first-order valence-electron chi connectivity index (χ1n) is 5.04. The van der Waals surface area contributed by atoms with Crippen LogP contribution in [0.5, 0.6) is 0 Å². The highest BCUT2D eigenvalue weighted by atomic mass is 32.2. The summed E-state index contributed by atoms with van der Waals surface area (Å²) in [6, 6.07) is 0. The minimum atomic E-state index is -2.56. The molecule has 1 heterocycles. The van der Waals surface area contributed by atoms with Crippen LogP contribution in [0.25, 0.3) is 0 Å². The van der Waals surface area contributed by atoms with Crippen molar-refractivity contribution in [1.29, 1.82) is 0 Å². The lowest BCUT2D eigenvalue weighted by molar-refractivity contribution is 0.136. The lowest BCUT2D eigenvalue weighted by Gasteiger charge is -2.24. The molecule has 0 N–H and O–H groups in total. The molecule has 1 rings (SSSR count). The molecule has 0 radical (unpaired) electrons. The Morgan fingerprint density at radius 3 is 2.27 bits per heavy atom. The molecule has 0 saturated heterocycles. The van der Waals surface area contributed by atoms with Crippen molar-refractivity contribution < 1.29 is 13.3 Å². The van der Waals surface area contributed by atoms with E-state index in [1.54, 1.807) is 21.3 Å². The molecule has 0 amide bonds. The Morgan fingerprint density at radius 2 is 1.80 bits per heavy atom. The quantitative estimate of drug-likeness (QED) is 0.577. The Bertz CT molecular complexity index is 253. The largest absolute Gasteiger partial charge is 0.536 e. The number of hydrogen-bond acceptors (Lipinski definition) is 3. The fraction of sp³-hybridized carbons (Fsp3) is 0.600. The normalized spacial score (nSPS) is 23.2. The molecule has 0 fully saturated rings. The fourth-order valence-electron chi connectivity index (χ4n) is 1.62. The summed E-state index contributed by atoms with van der Waals surface area (Å²) in [5.74, 6) is 1.23. The van der Waals surface area contributed by atoms with Crippen LogP contribution in [0.4, 0.5) is 0 Å². The fourth-order valence-corrected chi connectivity index (χ4v) is 6.06. The van der Waals surface area contributed by atoms with Crippen molar-refractivity contribution in [3.63, 3.8) is 0 Å². The average Bonchev–Trinajstić information content (AvgIpc) is 2.71. The second-order valence-electron chi connectivity index (χ2n) is 3.31. The van der Waals surface area contributed by atoms with Gasteiger partial charge < -0.3 is 13.3 Å². The SMILES string of the molecule is CCC[SH]1C=CC([Si](OC)(OC)OC)=C1. The van der Waals surface area contributed by atoms with Crippen LogP contribution in [-0.2, 0) is 13.3 Å². The van der Waals surface area contributed by atoms with Crippen molar-refractivity contribution in [2.24, 2.45) is 0 Å². The van der Waals surface area contributed by atoms with E-state index in [0.29, 0.717) is 0 Å². The second kappa shape index (κ2) is 5.86. The van der Waals surface area contributed by atoms with Crippen molar-refractivity contribution in [1.82, 2.24) is 0 Å². The predicted molar refractivity (Wildman–Crippen MR) is 68.1 cm³/mol. The lowest BCUT2D eigenvalue weighted by atomic mass is 10.6. The molecular formula is C10H20O3SSi. The summed E-state index contributed by atoms with van der Waals surface area (Å²) in [5.41, 5.74) is 0. The van der Waals surface area contributed by atoms with E-state index in [1.807, 2.05) is 0 Å². The molecule has 88 valence electrons. The van der Waals surface area contributed by atoms with Crippen LogP contribution in [0.1, 0.15) is 13.3 Å². The van der Waals surface area contributed by atoms with Crippen LogP contribution in [0, 0.1) is 0 Å². The van der Waals surface area contributed by atoms with Gasteiger partial charge in [0, 0.05) is 26.5 Å². The van der Waals surface area contributed by atoms with Gasteiger partial charge in [0.15, 0.2) is 0 Å². The van der Waals surface area contributed by atoms with Crippen LogP contribution >= 0.6 is 10.9 Å². The highest BCUT2D eigenvalue weighted by Crippen LogP contribution is 2.39. The number of rotatable bonds is 6. The summed E-state index contributed by atoms with van der Waals surface area (Å²) in [5, 5.41) is 5.63. The Morgan fingerprint density at radius 1 is 1.20 bits per heavy atom. The van der Waals surface area contributed by atoms with Crippen LogP contribution < -0.4 is 0 Å². The Labute approximate surface area is 95.8 Å². The van der Waals surface area contributed by atoms with Gasteiger partial charge in [0.1, 0.15) is 0 Å². The van der Waals surface area contributed by atoms with E-state index in [2.05, 4.69) is 23.8 Å². The van der Waals surface area contributed by atoms with Crippen LogP contribution in [-0.4, -0.2) is 35.9 Å². The molecule has 0 aliphatic carbocycles. The predicted octanol–water partition coefficient (Wildman–Crippen LogP) is 2.23. The maximum absolute atomic E-state index is 5.43. The summed E-state index contributed by atoms with van der Waals surface area (Å²) < 4.78 is 16.3. The molecular weight excluding hydrogens is 228 g/mol. The molecule has 0 aromatic carbocycles. The van der Waals surface area contributed by atoms with Gasteiger partial charge in [-0.2, -0.15) is 0 Å². The van der Waals surface area contributed by atoms with Crippen molar-refractivity contribution >= 4 is 19.7 Å². The van der Waals surface area contributed by atoms with Gasteiger partial charge in [-0.1, -0.05) is 13.0 Å². The zero-order valence-electron chi connectivity index (χ0n) is 9.82. The molecule has 3 nitrogen and oxygen atoms in total. The van der Waals surface area contributed by atoms with Crippen molar-refractivity contribution in [3.05, 3.63) is 22.1 Å². The molecule has 1 aliphatic heterocycles. The molecule has 1 aliphatic rings. The third kappa shape index (κ3) is 2.73. The van der Waals surface area contributed by atoms with Crippen molar-refractivity contribution in [2.45, 2.75) is 13.3 Å². The monoisotopic (exact) mass is 248 g/mol. The first kappa shape index (κ1) is 13.0. The summed E-state index contributed by atoms with van der Waals surface area (Å²) in [6.07, 6.45) is 3.31. The number of allylic oxidation sites excluding steroid dienone is 2. The third-order valence-corrected chi connectivity index (χ3v) is 7.37. The highest BCUT2D eigenvalue weighted by Gasteiger charge is 2.43. The van der Waals surface area contributed by atoms with E-state index in [4.69, 9.17) is 13.3 Å². The molecule has 0 aromatic heterocycles. The van der Waals surface area contributed by atoms with Gasteiger partial charge in [-0.15, -0.1) is 0 Å². The second-order valence-corrected chi connectivity index (χ2v) is 8.25. The van der Waals surface area contributed by atoms with E-state index in [-0.39, 0.29) is 10.9 Å². The molecule has 0 bridgehead atoms. The number of thiol groups is 1. The van der Waals surface area contributed by atoms with E-state index >= 15 is 0 Å². The zero-order chi connectivity index (χ0) is 11.3. The maximum atomic E-state index is 5.43. The molecule has 0 spiro atoms. The minimum absolute atomic E-state index is 0.114. The summed E-state index contributed by atoms with van der Waals surface area (Å²) in [4.78, 5) is 0. The summed E-state index contributed by atoms with van der Waals surface area (Å²) in [6.45, 7) is 2.20. The van der Waals surface area contributed by atoms with Gasteiger partial charge >= 0.3 is 8.80 Å². The van der Waals surface area contributed by atoms with Gasteiger partial charge in [-0.25, -0.2) is 10.9 Å². The Kier molecular flexibility index (Phi) is 5.08. The average molecular weight is 248 g/mol. The molecule has 0 aromatic rings. The van der Waals surface area contributed by atoms with Crippen LogP contribution in [0.3, 0.4) is 0 Å². The summed E-state index contributed by atoms with van der Waals surface area (Å²) in [7, 11) is 2.26. The van der Waals surface area contributed by atoms with Gasteiger partial charge in [-0.3, -0.25) is 0 Å². The van der Waals surface area contributed by atoms with E-state index < -0.39 is 8.80 Å². The smallest absolute Gasteiger partial charge is 0.373 e. The van der Waals surface area contributed by atoms with Gasteiger partial charge in [0.25, 0.3) is 0 Å². The Hall–Kier alpha value is -0.0731. The zero-order valence-corrected chi connectivity index (χ0v) is 11.7. The third-order valence-electron chi connectivity index (χ3n) is 2.39. The van der Waals surface area contributed by atoms with Crippen molar-refractivity contribution in [3.8, 4) is 0 Å². The summed E-state index contributed by atoms with van der Waals surface area (Å²) >= 11 is 0. The standard InChI is InChI=1S/C10H20O3SSi/c1-5-7-14-8-6-10(9-14)15(11-2,12-3)13-4/h6,8-9,14H,5,7H2,1-4H3. The van der Waals surface area contributed by atoms with Gasteiger partial charge in [-0.05, 0) is 23.0 Å². The van der Waals surface area contributed by atoms with Gasteiger partial charge in [0.05, 0.1) is 0 Å². The highest BCUT2D eigenvalue weighted by molar-refractivity contribution is 8.22. The van der Waals surface area contributed by atoms with E-state index in [0.717, 1.165) is 5.20 Å². The number of hydrogen-bond donors (Lipinski definition) is 1. The minimum Gasteiger partial charge on any atom is -0.373 e.